The summed E-state index contributed by atoms with van der Waals surface area (Å²) in [5.74, 6) is 0.536. The van der Waals surface area contributed by atoms with Crippen molar-refractivity contribution in [2.24, 2.45) is 0 Å². The lowest BCUT2D eigenvalue weighted by Gasteiger charge is -2.27. The van der Waals surface area contributed by atoms with Crippen molar-refractivity contribution in [3.8, 4) is 11.8 Å². The minimum absolute atomic E-state index is 0.00160. The Morgan fingerprint density at radius 3 is 2.60 bits per heavy atom. The molecule has 8 heteroatoms. The van der Waals surface area contributed by atoms with Crippen molar-refractivity contribution >= 4 is 17.4 Å². The van der Waals surface area contributed by atoms with E-state index in [9.17, 15) is 20.2 Å². The predicted octanol–water partition coefficient (Wildman–Crippen LogP) is 4.72. The second-order valence-electron chi connectivity index (χ2n) is 7.75. The molecule has 1 N–H and O–H groups in total. The summed E-state index contributed by atoms with van der Waals surface area (Å²) in [4.78, 5) is 23.1. The summed E-state index contributed by atoms with van der Waals surface area (Å²) in [5.41, 5.74) is 2.83. The average molecular weight is 410 g/mol. The summed E-state index contributed by atoms with van der Waals surface area (Å²) in [6, 6.07) is 6.86. The van der Waals surface area contributed by atoms with Crippen molar-refractivity contribution in [3.05, 3.63) is 50.7 Å². The van der Waals surface area contributed by atoms with Crippen molar-refractivity contribution in [3.63, 3.8) is 0 Å². The van der Waals surface area contributed by atoms with Gasteiger partial charge in [-0.05, 0) is 51.3 Å². The van der Waals surface area contributed by atoms with Gasteiger partial charge in [-0.25, -0.2) is 0 Å². The van der Waals surface area contributed by atoms with E-state index in [4.69, 9.17) is 4.74 Å². The fourth-order valence-electron chi connectivity index (χ4n) is 4.12. The van der Waals surface area contributed by atoms with Crippen molar-refractivity contribution in [1.29, 1.82) is 5.26 Å². The van der Waals surface area contributed by atoms with E-state index in [1.54, 1.807) is 6.92 Å². The highest BCUT2D eigenvalue weighted by molar-refractivity contribution is 5.93. The van der Waals surface area contributed by atoms with Crippen molar-refractivity contribution in [1.82, 2.24) is 4.57 Å². The van der Waals surface area contributed by atoms with Crippen LogP contribution in [0.1, 0.15) is 60.5 Å². The molecule has 0 radical (unpaired) electrons. The van der Waals surface area contributed by atoms with Crippen LogP contribution < -0.4 is 10.1 Å². The molecular weight excluding hydrogens is 384 g/mol. The normalized spacial score (nSPS) is 14.2. The van der Waals surface area contributed by atoms with Gasteiger partial charge >= 0.3 is 0 Å². The number of aromatic nitrogens is 1. The summed E-state index contributed by atoms with van der Waals surface area (Å²) in [6.07, 6.45) is 5.55. The average Bonchev–Trinajstić information content (AvgIpc) is 2.96. The maximum atomic E-state index is 12.6. The molecule has 1 aromatic heterocycles. The summed E-state index contributed by atoms with van der Waals surface area (Å²) in [5, 5.41) is 23.5. The van der Waals surface area contributed by atoms with Crippen LogP contribution in [-0.2, 0) is 4.79 Å². The number of hydrogen-bond acceptors (Lipinski definition) is 5. The number of carbonyl (C=O) groups is 1. The summed E-state index contributed by atoms with van der Waals surface area (Å²) in [7, 11) is 0. The first-order valence-electron chi connectivity index (χ1n) is 10.1. The second kappa shape index (κ2) is 8.99. The van der Waals surface area contributed by atoms with Gasteiger partial charge in [-0.1, -0.05) is 19.3 Å². The molecule has 0 aliphatic heterocycles. The van der Waals surface area contributed by atoms with E-state index in [1.807, 2.05) is 13.8 Å². The van der Waals surface area contributed by atoms with Crippen LogP contribution in [0.4, 0.5) is 11.5 Å². The topological polar surface area (TPSA) is 110 Å². The number of nitriles is 1. The van der Waals surface area contributed by atoms with Crippen molar-refractivity contribution in [2.45, 2.75) is 58.9 Å². The SMILES string of the molecule is Cc1cc(OCC(=O)Nc2c(C#N)c(C)c(C)n2C2CCCCC2)ccc1[N+](=O)[O-]. The zero-order valence-corrected chi connectivity index (χ0v) is 17.5. The highest BCUT2D eigenvalue weighted by Gasteiger charge is 2.26. The van der Waals surface area contributed by atoms with Gasteiger partial charge in [0.1, 0.15) is 17.6 Å². The van der Waals surface area contributed by atoms with E-state index in [-0.39, 0.29) is 24.2 Å². The first-order chi connectivity index (χ1) is 14.3. The molecule has 3 rings (SSSR count). The van der Waals surface area contributed by atoms with Crippen molar-refractivity contribution < 1.29 is 14.5 Å². The minimum Gasteiger partial charge on any atom is -0.484 e. The summed E-state index contributed by atoms with van der Waals surface area (Å²) >= 11 is 0. The molecule has 0 saturated heterocycles. The fourth-order valence-corrected chi connectivity index (χ4v) is 4.12. The third kappa shape index (κ3) is 4.30. The molecule has 0 atom stereocenters. The summed E-state index contributed by atoms with van der Waals surface area (Å²) in [6.45, 7) is 5.25. The van der Waals surface area contributed by atoms with Crippen LogP contribution in [0.15, 0.2) is 18.2 Å². The molecule has 0 bridgehead atoms. The Labute approximate surface area is 175 Å². The van der Waals surface area contributed by atoms with Crippen LogP contribution in [0, 0.1) is 42.2 Å². The van der Waals surface area contributed by atoms with Crippen LogP contribution in [0.2, 0.25) is 0 Å². The van der Waals surface area contributed by atoms with E-state index in [0.717, 1.165) is 36.9 Å². The highest BCUT2D eigenvalue weighted by atomic mass is 16.6. The Balaban J connectivity index is 1.76. The van der Waals surface area contributed by atoms with E-state index >= 15 is 0 Å². The maximum absolute atomic E-state index is 12.6. The number of rotatable bonds is 6. The second-order valence-corrected chi connectivity index (χ2v) is 7.75. The lowest BCUT2D eigenvalue weighted by Crippen LogP contribution is -2.24. The number of benzene rings is 1. The third-order valence-corrected chi connectivity index (χ3v) is 5.80. The number of amides is 1. The monoisotopic (exact) mass is 410 g/mol. The van der Waals surface area contributed by atoms with Gasteiger partial charge in [-0.15, -0.1) is 0 Å². The van der Waals surface area contributed by atoms with Crippen LogP contribution >= 0.6 is 0 Å². The zero-order chi connectivity index (χ0) is 21.8. The molecular formula is C22H26N4O4. The third-order valence-electron chi connectivity index (χ3n) is 5.80. The molecule has 1 aliphatic rings. The van der Waals surface area contributed by atoms with Crippen LogP contribution in [0.3, 0.4) is 0 Å². The molecule has 30 heavy (non-hydrogen) atoms. The summed E-state index contributed by atoms with van der Waals surface area (Å²) < 4.78 is 7.62. The van der Waals surface area contributed by atoms with Gasteiger partial charge in [0, 0.05) is 23.4 Å². The molecule has 158 valence electrons. The number of ether oxygens (including phenoxy) is 1. The standard InChI is InChI=1S/C22H26N4O4/c1-14-11-18(9-10-20(14)26(28)29)30-13-21(27)24-22-19(12-23)15(2)16(3)25(22)17-7-5-4-6-8-17/h9-11,17H,4-8,13H2,1-3H3,(H,24,27). The van der Waals surface area contributed by atoms with E-state index in [1.165, 1.54) is 24.6 Å². The van der Waals surface area contributed by atoms with E-state index in [0.29, 0.717) is 22.7 Å². The quantitative estimate of drug-likeness (QED) is 0.547. The number of nitrogens with one attached hydrogen (secondary N) is 1. The number of anilines is 1. The lowest BCUT2D eigenvalue weighted by atomic mass is 9.95. The van der Waals surface area contributed by atoms with E-state index in [2.05, 4.69) is 16.0 Å². The fraction of sp³-hybridized carbons (Fsp3) is 0.455. The first-order valence-corrected chi connectivity index (χ1v) is 10.1. The zero-order valence-electron chi connectivity index (χ0n) is 17.5. The Hall–Kier alpha value is -3.34. The lowest BCUT2D eigenvalue weighted by molar-refractivity contribution is -0.385. The molecule has 1 amide bonds. The highest BCUT2D eigenvalue weighted by Crippen LogP contribution is 2.36. The van der Waals surface area contributed by atoms with Crippen LogP contribution in [0.5, 0.6) is 5.75 Å². The smallest absolute Gasteiger partial charge is 0.272 e. The Bertz CT molecular complexity index is 1010. The van der Waals surface area contributed by atoms with Crippen LogP contribution in [-0.4, -0.2) is 22.0 Å². The van der Waals surface area contributed by atoms with Gasteiger partial charge in [-0.3, -0.25) is 14.9 Å². The maximum Gasteiger partial charge on any atom is 0.272 e. The van der Waals surface area contributed by atoms with Gasteiger partial charge in [0.2, 0.25) is 0 Å². The van der Waals surface area contributed by atoms with Crippen LogP contribution in [0.25, 0.3) is 0 Å². The molecule has 1 saturated carbocycles. The van der Waals surface area contributed by atoms with E-state index < -0.39 is 4.92 Å². The number of aryl methyl sites for hydroxylation is 1. The Kier molecular flexibility index (Phi) is 6.40. The molecule has 2 aromatic rings. The van der Waals surface area contributed by atoms with Gasteiger partial charge in [0.25, 0.3) is 11.6 Å². The van der Waals surface area contributed by atoms with Gasteiger partial charge in [-0.2, -0.15) is 5.26 Å². The number of carbonyl (C=O) groups excluding carboxylic acids is 1. The van der Waals surface area contributed by atoms with Gasteiger partial charge in [0.15, 0.2) is 6.61 Å². The molecule has 1 aromatic carbocycles. The van der Waals surface area contributed by atoms with Crippen molar-refractivity contribution in [2.75, 3.05) is 11.9 Å². The predicted molar refractivity (Wildman–Crippen MR) is 113 cm³/mol. The molecule has 0 spiro atoms. The largest absolute Gasteiger partial charge is 0.484 e. The molecule has 8 nitrogen and oxygen atoms in total. The Morgan fingerprint density at radius 1 is 1.30 bits per heavy atom. The molecule has 1 fully saturated rings. The number of nitro groups is 1. The number of hydrogen-bond donors (Lipinski definition) is 1. The Morgan fingerprint density at radius 2 is 2.00 bits per heavy atom. The molecule has 1 aliphatic carbocycles. The van der Waals surface area contributed by atoms with Gasteiger partial charge in [0.05, 0.1) is 10.5 Å². The number of nitro benzene ring substituents is 1. The molecule has 1 heterocycles. The van der Waals surface area contributed by atoms with Gasteiger partial charge < -0.3 is 14.6 Å². The molecule has 0 unspecified atom stereocenters. The minimum atomic E-state index is -0.459. The first kappa shape index (κ1) is 21.4. The number of nitrogens with zero attached hydrogens (tertiary/aromatic N) is 3.